The molecule has 7 heteroatoms. The van der Waals surface area contributed by atoms with Crippen LogP contribution < -0.4 is 4.90 Å². The van der Waals surface area contributed by atoms with Crippen LogP contribution >= 0.6 is 11.8 Å². The highest BCUT2D eigenvalue weighted by atomic mass is 32.2. The smallest absolute Gasteiger partial charge is 0.233 e. The Morgan fingerprint density at radius 2 is 1.81 bits per heavy atom. The maximum absolute atomic E-state index is 12.8. The molecule has 6 nitrogen and oxygen atoms in total. The van der Waals surface area contributed by atoms with Crippen molar-refractivity contribution in [2.75, 3.05) is 37.8 Å². The van der Waals surface area contributed by atoms with Crippen LogP contribution in [-0.4, -0.2) is 58.5 Å². The van der Waals surface area contributed by atoms with Crippen LogP contribution in [0.1, 0.15) is 19.8 Å². The second kappa shape index (κ2) is 9.56. The van der Waals surface area contributed by atoms with Gasteiger partial charge in [-0.05, 0) is 43.0 Å². The van der Waals surface area contributed by atoms with Gasteiger partial charge in [-0.3, -0.25) is 9.36 Å². The molecule has 162 valence electrons. The van der Waals surface area contributed by atoms with Crippen molar-refractivity contribution >= 4 is 23.4 Å². The second-order valence-electron chi connectivity index (χ2n) is 8.27. The van der Waals surface area contributed by atoms with Gasteiger partial charge < -0.3 is 9.80 Å². The summed E-state index contributed by atoms with van der Waals surface area (Å²) in [7, 11) is 4.05. The number of benzene rings is 2. The molecular formula is C24H29N5OS. The first-order valence-electron chi connectivity index (χ1n) is 10.7. The number of carbonyl (C=O) groups is 1. The van der Waals surface area contributed by atoms with Gasteiger partial charge in [-0.1, -0.05) is 49.0 Å². The number of para-hydroxylation sites is 1. The fraction of sp³-hybridized carbons (Fsp3) is 0.375. The summed E-state index contributed by atoms with van der Waals surface area (Å²) in [6.45, 7) is 3.97. The average Bonchev–Trinajstić information content (AvgIpc) is 3.22. The van der Waals surface area contributed by atoms with E-state index in [4.69, 9.17) is 0 Å². The third-order valence-corrected chi connectivity index (χ3v) is 6.64. The number of hydrogen-bond acceptors (Lipinski definition) is 5. The zero-order chi connectivity index (χ0) is 21.8. The van der Waals surface area contributed by atoms with Gasteiger partial charge in [-0.25, -0.2) is 0 Å². The number of hydrogen-bond donors (Lipinski definition) is 0. The van der Waals surface area contributed by atoms with Gasteiger partial charge in [0.2, 0.25) is 5.91 Å². The van der Waals surface area contributed by atoms with Crippen LogP contribution in [0.3, 0.4) is 0 Å². The van der Waals surface area contributed by atoms with Crippen LogP contribution in [0.4, 0.5) is 5.69 Å². The molecule has 1 aliphatic heterocycles. The summed E-state index contributed by atoms with van der Waals surface area (Å²) in [4.78, 5) is 16.8. The van der Waals surface area contributed by atoms with Gasteiger partial charge in [-0.2, -0.15) is 0 Å². The Balaban J connectivity index is 1.61. The third-order valence-electron chi connectivity index (χ3n) is 5.73. The Bertz CT molecular complexity index is 1030. The minimum Gasteiger partial charge on any atom is -0.378 e. The zero-order valence-corrected chi connectivity index (χ0v) is 19.2. The molecule has 1 aromatic heterocycles. The molecule has 0 bridgehead atoms. The number of thioether (sulfide) groups is 1. The Hall–Kier alpha value is -2.80. The molecule has 4 rings (SSSR count). The molecule has 3 aromatic rings. The molecule has 2 heterocycles. The quantitative estimate of drug-likeness (QED) is 0.539. The van der Waals surface area contributed by atoms with Crippen LogP contribution in [0.5, 0.6) is 0 Å². The van der Waals surface area contributed by atoms with E-state index in [2.05, 4.69) is 34.2 Å². The van der Waals surface area contributed by atoms with Crippen molar-refractivity contribution in [2.45, 2.75) is 24.9 Å². The summed E-state index contributed by atoms with van der Waals surface area (Å²) >= 11 is 1.46. The fourth-order valence-electron chi connectivity index (χ4n) is 3.76. The molecule has 31 heavy (non-hydrogen) atoms. The lowest BCUT2D eigenvalue weighted by Crippen LogP contribution is -2.38. The first kappa shape index (κ1) is 21.4. The highest BCUT2D eigenvalue weighted by Gasteiger charge is 2.22. The predicted octanol–water partition coefficient (Wildman–Crippen LogP) is 4.35. The van der Waals surface area contributed by atoms with Gasteiger partial charge in [0.1, 0.15) is 0 Å². The van der Waals surface area contributed by atoms with Crippen molar-refractivity contribution < 1.29 is 4.79 Å². The standard InChI is InChI=1S/C24H29N5OS/c1-18-12-14-28(15-13-18)22(30)17-31-24-26-25-23(29(24)20-9-5-4-6-10-20)19-8-7-11-21(16-19)27(2)3/h4-11,16,18H,12-15,17H2,1-3H3. The van der Waals surface area contributed by atoms with Crippen molar-refractivity contribution in [2.24, 2.45) is 5.92 Å². The molecule has 0 atom stereocenters. The van der Waals surface area contributed by atoms with Crippen LogP contribution in [0.2, 0.25) is 0 Å². The molecule has 0 saturated carbocycles. The van der Waals surface area contributed by atoms with Crippen LogP contribution in [0.25, 0.3) is 17.1 Å². The molecule has 0 N–H and O–H groups in total. The number of amides is 1. The summed E-state index contributed by atoms with van der Waals surface area (Å²) in [5.74, 6) is 2.03. The van der Waals surface area contributed by atoms with E-state index in [-0.39, 0.29) is 5.91 Å². The third kappa shape index (κ3) is 4.93. The summed E-state index contributed by atoms with van der Waals surface area (Å²) < 4.78 is 2.05. The van der Waals surface area contributed by atoms with Gasteiger partial charge in [-0.15, -0.1) is 10.2 Å². The molecular weight excluding hydrogens is 406 g/mol. The summed E-state index contributed by atoms with van der Waals surface area (Å²) in [5, 5.41) is 9.71. The Kier molecular flexibility index (Phi) is 6.61. The van der Waals surface area contributed by atoms with Gasteiger partial charge in [0, 0.05) is 44.1 Å². The Morgan fingerprint density at radius 3 is 2.52 bits per heavy atom. The van der Waals surface area contributed by atoms with Crippen molar-refractivity contribution in [3.63, 3.8) is 0 Å². The van der Waals surface area contributed by atoms with Gasteiger partial charge in [0.25, 0.3) is 0 Å². The molecule has 0 spiro atoms. The maximum Gasteiger partial charge on any atom is 0.233 e. The number of nitrogens with zero attached hydrogens (tertiary/aromatic N) is 5. The molecule has 1 fully saturated rings. The lowest BCUT2D eigenvalue weighted by atomic mass is 9.99. The zero-order valence-electron chi connectivity index (χ0n) is 18.4. The minimum absolute atomic E-state index is 0.177. The lowest BCUT2D eigenvalue weighted by Gasteiger charge is -2.30. The highest BCUT2D eigenvalue weighted by molar-refractivity contribution is 7.99. The normalized spacial score (nSPS) is 14.6. The van der Waals surface area contributed by atoms with E-state index in [1.807, 2.05) is 66.0 Å². The number of rotatable bonds is 6. The van der Waals surface area contributed by atoms with Gasteiger partial charge in [0.05, 0.1) is 5.75 Å². The van der Waals surface area contributed by atoms with Crippen LogP contribution in [-0.2, 0) is 4.79 Å². The van der Waals surface area contributed by atoms with Gasteiger partial charge >= 0.3 is 0 Å². The number of likely N-dealkylation sites (tertiary alicyclic amines) is 1. The monoisotopic (exact) mass is 435 g/mol. The topological polar surface area (TPSA) is 54.3 Å². The SMILES string of the molecule is CC1CCN(C(=O)CSc2nnc(-c3cccc(N(C)C)c3)n2-c2ccccc2)CC1. The molecule has 2 aromatic carbocycles. The number of anilines is 1. The number of piperidine rings is 1. The van der Waals surface area contributed by atoms with E-state index in [0.717, 1.165) is 53.9 Å². The van der Waals surface area contributed by atoms with Crippen LogP contribution in [0.15, 0.2) is 59.8 Å². The molecule has 1 aliphatic rings. The first-order chi connectivity index (χ1) is 15.0. The predicted molar refractivity (Wildman–Crippen MR) is 127 cm³/mol. The fourth-order valence-corrected chi connectivity index (χ4v) is 4.61. The van der Waals surface area contributed by atoms with E-state index >= 15 is 0 Å². The maximum atomic E-state index is 12.8. The average molecular weight is 436 g/mol. The van der Waals surface area contributed by atoms with Crippen molar-refractivity contribution in [3.8, 4) is 17.1 Å². The Morgan fingerprint density at radius 1 is 1.06 bits per heavy atom. The molecule has 1 amide bonds. The Labute approximate surface area is 188 Å². The van der Waals surface area contributed by atoms with E-state index in [9.17, 15) is 4.79 Å². The van der Waals surface area contributed by atoms with E-state index in [1.165, 1.54) is 11.8 Å². The van der Waals surface area contributed by atoms with Crippen molar-refractivity contribution in [1.82, 2.24) is 19.7 Å². The molecule has 0 radical (unpaired) electrons. The second-order valence-corrected chi connectivity index (χ2v) is 9.22. The summed E-state index contributed by atoms with van der Waals surface area (Å²) in [6, 6.07) is 18.3. The van der Waals surface area contributed by atoms with Crippen molar-refractivity contribution in [3.05, 3.63) is 54.6 Å². The number of aromatic nitrogens is 3. The van der Waals surface area contributed by atoms with E-state index < -0.39 is 0 Å². The number of carbonyl (C=O) groups excluding carboxylic acids is 1. The largest absolute Gasteiger partial charge is 0.378 e. The molecule has 0 aliphatic carbocycles. The molecule has 1 saturated heterocycles. The highest BCUT2D eigenvalue weighted by Crippen LogP contribution is 2.30. The minimum atomic E-state index is 0.177. The van der Waals surface area contributed by atoms with Crippen LogP contribution in [0, 0.1) is 5.92 Å². The lowest BCUT2D eigenvalue weighted by molar-refractivity contribution is -0.129. The van der Waals surface area contributed by atoms with E-state index in [0.29, 0.717) is 11.7 Å². The first-order valence-corrected chi connectivity index (χ1v) is 11.7. The summed E-state index contributed by atoms with van der Waals surface area (Å²) in [6.07, 6.45) is 2.17. The van der Waals surface area contributed by atoms with Crippen molar-refractivity contribution in [1.29, 1.82) is 0 Å². The van der Waals surface area contributed by atoms with E-state index in [1.54, 1.807) is 0 Å². The van der Waals surface area contributed by atoms with Gasteiger partial charge in [0.15, 0.2) is 11.0 Å². The molecule has 0 unspecified atom stereocenters. The summed E-state index contributed by atoms with van der Waals surface area (Å²) in [5.41, 5.74) is 3.08.